The molecule has 0 radical (unpaired) electrons. The maximum atomic E-state index is 13.7. The molecule has 1 N–H and O–H groups in total. The average Bonchev–Trinajstić information content (AvgIpc) is 2.36. The minimum absolute atomic E-state index is 0.135. The predicted molar refractivity (Wildman–Crippen MR) is 71.0 cm³/mol. The van der Waals surface area contributed by atoms with Crippen LogP contribution in [0.1, 0.15) is 18.1 Å². The zero-order chi connectivity index (χ0) is 14.9. The van der Waals surface area contributed by atoms with Gasteiger partial charge in [-0.05, 0) is 36.8 Å². The van der Waals surface area contributed by atoms with Crippen molar-refractivity contribution in [2.75, 3.05) is 0 Å². The van der Waals surface area contributed by atoms with Gasteiger partial charge in [0.25, 0.3) is 0 Å². The lowest BCUT2D eigenvalue weighted by atomic mass is 9.88. The standard InChI is InChI=1S/C15H12ClF3O/c1-15(20,11-3-2-4-13(18)14(11)19)8-9-7-10(17)5-6-12(9)16/h2-7,20H,8H2,1H3. The summed E-state index contributed by atoms with van der Waals surface area (Å²) in [6.45, 7) is 1.33. The average molecular weight is 301 g/mol. The van der Waals surface area contributed by atoms with Gasteiger partial charge in [-0.2, -0.15) is 0 Å². The SMILES string of the molecule is CC(O)(Cc1cc(F)ccc1Cl)c1cccc(F)c1F. The molecule has 5 heteroatoms. The van der Waals surface area contributed by atoms with Crippen LogP contribution in [0.25, 0.3) is 0 Å². The number of hydrogen-bond acceptors (Lipinski definition) is 1. The van der Waals surface area contributed by atoms with E-state index in [-0.39, 0.29) is 17.0 Å². The highest BCUT2D eigenvalue weighted by molar-refractivity contribution is 6.31. The van der Waals surface area contributed by atoms with E-state index in [0.29, 0.717) is 5.56 Å². The second kappa shape index (κ2) is 5.46. The van der Waals surface area contributed by atoms with Gasteiger partial charge in [-0.15, -0.1) is 0 Å². The molecule has 0 saturated heterocycles. The third-order valence-corrected chi connectivity index (χ3v) is 3.44. The molecular weight excluding hydrogens is 289 g/mol. The van der Waals surface area contributed by atoms with E-state index in [9.17, 15) is 18.3 Å². The molecule has 2 rings (SSSR count). The molecule has 0 heterocycles. The highest BCUT2D eigenvalue weighted by Gasteiger charge is 2.29. The Hall–Kier alpha value is -1.52. The van der Waals surface area contributed by atoms with Gasteiger partial charge in [-0.1, -0.05) is 23.7 Å². The minimum atomic E-state index is -1.70. The first-order valence-electron chi connectivity index (χ1n) is 5.92. The van der Waals surface area contributed by atoms with Gasteiger partial charge in [0, 0.05) is 17.0 Å². The second-order valence-corrected chi connectivity index (χ2v) is 5.19. The van der Waals surface area contributed by atoms with Gasteiger partial charge in [0.05, 0.1) is 5.60 Å². The largest absolute Gasteiger partial charge is 0.385 e. The van der Waals surface area contributed by atoms with Crippen LogP contribution >= 0.6 is 11.6 Å². The van der Waals surface area contributed by atoms with E-state index in [4.69, 9.17) is 11.6 Å². The van der Waals surface area contributed by atoms with E-state index in [2.05, 4.69) is 0 Å². The molecule has 106 valence electrons. The first kappa shape index (κ1) is 14.9. The maximum Gasteiger partial charge on any atom is 0.164 e. The van der Waals surface area contributed by atoms with Crippen LogP contribution in [-0.2, 0) is 12.0 Å². The summed E-state index contributed by atoms with van der Waals surface area (Å²) in [5.74, 6) is -2.68. The van der Waals surface area contributed by atoms with Gasteiger partial charge < -0.3 is 5.11 Å². The Kier molecular flexibility index (Phi) is 4.06. The lowest BCUT2D eigenvalue weighted by Crippen LogP contribution is -2.26. The zero-order valence-corrected chi connectivity index (χ0v) is 11.4. The van der Waals surface area contributed by atoms with E-state index in [1.54, 1.807) is 0 Å². The normalized spacial score (nSPS) is 14.1. The molecule has 0 spiro atoms. The van der Waals surface area contributed by atoms with E-state index >= 15 is 0 Å². The van der Waals surface area contributed by atoms with Crippen LogP contribution in [0.15, 0.2) is 36.4 Å². The predicted octanol–water partition coefficient (Wildman–Crippen LogP) is 4.21. The van der Waals surface area contributed by atoms with Crippen LogP contribution in [0.4, 0.5) is 13.2 Å². The molecule has 0 aliphatic heterocycles. The smallest absolute Gasteiger partial charge is 0.164 e. The Morgan fingerprint density at radius 1 is 1.15 bits per heavy atom. The molecule has 1 atom stereocenters. The summed E-state index contributed by atoms with van der Waals surface area (Å²) < 4.78 is 40.2. The summed E-state index contributed by atoms with van der Waals surface area (Å²) >= 11 is 5.92. The van der Waals surface area contributed by atoms with Crippen LogP contribution in [0, 0.1) is 17.5 Å². The topological polar surface area (TPSA) is 20.2 Å². The van der Waals surface area contributed by atoms with Gasteiger partial charge in [-0.25, -0.2) is 13.2 Å². The van der Waals surface area contributed by atoms with Crippen LogP contribution in [-0.4, -0.2) is 5.11 Å². The third-order valence-electron chi connectivity index (χ3n) is 3.07. The highest BCUT2D eigenvalue weighted by Crippen LogP contribution is 2.31. The summed E-state index contributed by atoms with van der Waals surface area (Å²) in [6, 6.07) is 7.24. The molecular formula is C15H12ClF3O. The molecule has 0 aromatic heterocycles. The molecule has 0 bridgehead atoms. The fourth-order valence-electron chi connectivity index (χ4n) is 2.06. The van der Waals surface area contributed by atoms with Crippen molar-refractivity contribution >= 4 is 11.6 Å². The van der Waals surface area contributed by atoms with Gasteiger partial charge in [0.1, 0.15) is 5.82 Å². The fourth-order valence-corrected chi connectivity index (χ4v) is 2.25. The molecule has 20 heavy (non-hydrogen) atoms. The summed E-state index contributed by atoms with van der Waals surface area (Å²) in [5, 5.41) is 10.6. The van der Waals surface area contributed by atoms with Crippen molar-refractivity contribution in [1.82, 2.24) is 0 Å². The van der Waals surface area contributed by atoms with Crippen molar-refractivity contribution in [3.8, 4) is 0 Å². The van der Waals surface area contributed by atoms with Crippen LogP contribution in [0.2, 0.25) is 5.02 Å². The van der Waals surface area contributed by atoms with Crippen molar-refractivity contribution < 1.29 is 18.3 Å². The van der Waals surface area contributed by atoms with Crippen molar-refractivity contribution in [2.45, 2.75) is 18.9 Å². The molecule has 2 aromatic rings. The molecule has 0 saturated carbocycles. The Morgan fingerprint density at radius 2 is 1.85 bits per heavy atom. The lowest BCUT2D eigenvalue weighted by molar-refractivity contribution is 0.0530. The number of benzene rings is 2. The van der Waals surface area contributed by atoms with Gasteiger partial charge in [0.2, 0.25) is 0 Å². The van der Waals surface area contributed by atoms with Crippen molar-refractivity contribution in [2.24, 2.45) is 0 Å². The maximum absolute atomic E-state index is 13.7. The Morgan fingerprint density at radius 3 is 2.55 bits per heavy atom. The van der Waals surface area contributed by atoms with Crippen LogP contribution in [0.5, 0.6) is 0 Å². The number of hydrogen-bond donors (Lipinski definition) is 1. The quantitative estimate of drug-likeness (QED) is 0.900. The monoisotopic (exact) mass is 300 g/mol. The van der Waals surface area contributed by atoms with E-state index in [1.165, 1.54) is 31.2 Å². The Labute approximate surface area is 119 Å². The number of aliphatic hydroxyl groups is 1. The molecule has 1 unspecified atom stereocenters. The summed E-state index contributed by atoms with van der Waals surface area (Å²) in [6.07, 6.45) is -0.135. The van der Waals surface area contributed by atoms with Crippen molar-refractivity contribution in [3.63, 3.8) is 0 Å². The van der Waals surface area contributed by atoms with E-state index < -0.39 is 23.1 Å². The van der Waals surface area contributed by atoms with Crippen molar-refractivity contribution in [3.05, 3.63) is 70.0 Å². The summed E-state index contributed by atoms with van der Waals surface area (Å²) in [5.41, 5.74) is -1.58. The Balaban J connectivity index is 2.40. The van der Waals surface area contributed by atoms with Crippen molar-refractivity contribution in [1.29, 1.82) is 0 Å². The number of rotatable bonds is 3. The minimum Gasteiger partial charge on any atom is -0.385 e. The molecule has 1 nitrogen and oxygen atoms in total. The van der Waals surface area contributed by atoms with E-state index in [0.717, 1.165) is 12.1 Å². The first-order chi connectivity index (χ1) is 9.31. The zero-order valence-electron chi connectivity index (χ0n) is 10.6. The van der Waals surface area contributed by atoms with Gasteiger partial charge >= 0.3 is 0 Å². The fraction of sp³-hybridized carbons (Fsp3) is 0.200. The van der Waals surface area contributed by atoms with Crippen LogP contribution < -0.4 is 0 Å². The Bertz CT molecular complexity index is 641. The van der Waals surface area contributed by atoms with Crippen LogP contribution in [0.3, 0.4) is 0 Å². The summed E-state index contributed by atoms with van der Waals surface area (Å²) in [7, 11) is 0. The van der Waals surface area contributed by atoms with Gasteiger partial charge in [-0.3, -0.25) is 0 Å². The molecule has 0 aliphatic rings. The second-order valence-electron chi connectivity index (χ2n) is 4.79. The summed E-state index contributed by atoms with van der Waals surface area (Å²) in [4.78, 5) is 0. The molecule has 2 aromatic carbocycles. The molecule has 0 fully saturated rings. The first-order valence-corrected chi connectivity index (χ1v) is 6.30. The molecule has 0 aliphatic carbocycles. The third kappa shape index (κ3) is 2.97. The lowest BCUT2D eigenvalue weighted by Gasteiger charge is -2.25. The molecule has 0 amide bonds. The highest BCUT2D eigenvalue weighted by atomic mass is 35.5. The number of halogens is 4. The van der Waals surface area contributed by atoms with E-state index in [1.807, 2.05) is 0 Å². The van der Waals surface area contributed by atoms with Gasteiger partial charge in [0.15, 0.2) is 11.6 Å².